The number of carbonyl (C=O) groups is 2. The van der Waals surface area contributed by atoms with Crippen molar-refractivity contribution in [3.8, 4) is 0 Å². The molecular weight excluding hydrogens is 270 g/mol. The van der Waals surface area contributed by atoms with Gasteiger partial charge in [0, 0.05) is 5.54 Å². The second-order valence-corrected chi connectivity index (χ2v) is 7.09. The lowest BCUT2D eigenvalue weighted by Crippen LogP contribution is -2.65. The van der Waals surface area contributed by atoms with Crippen molar-refractivity contribution in [1.29, 1.82) is 0 Å². The van der Waals surface area contributed by atoms with E-state index < -0.39 is 0 Å². The van der Waals surface area contributed by atoms with Crippen molar-refractivity contribution in [2.24, 2.45) is 17.3 Å². The van der Waals surface area contributed by atoms with Gasteiger partial charge in [0.25, 0.3) is 0 Å². The Bertz CT molecular complexity index is 434. The molecule has 4 rings (SSSR count). The molecule has 0 heterocycles. The first-order chi connectivity index (χ1) is 10.0. The van der Waals surface area contributed by atoms with Gasteiger partial charge in [0.2, 0.25) is 0 Å². The molecule has 4 aliphatic rings. The van der Waals surface area contributed by atoms with Crippen molar-refractivity contribution in [2.75, 3.05) is 13.2 Å². The summed E-state index contributed by atoms with van der Waals surface area (Å²) in [6.07, 6.45) is 5.35. The summed E-state index contributed by atoms with van der Waals surface area (Å²) in [6, 6.07) is 0. The maximum Gasteiger partial charge on any atom is 0.407 e. The third-order valence-corrected chi connectivity index (χ3v) is 5.41. The number of ether oxygens (including phenoxy) is 2. The topological polar surface area (TPSA) is 64.6 Å². The first-order valence-electron chi connectivity index (χ1n) is 8.13. The van der Waals surface area contributed by atoms with Crippen molar-refractivity contribution in [2.45, 2.75) is 57.9 Å². The summed E-state index contributed by atoms with van der Waals surface area (Å²) in [7, 11) is 0. The molecule has 4 bridgehead atoms. The standard InChI is InChI=1S/C16H25NO4/c1-3-20-13(18)15-6-11-5-12(7-15)9-16(8-11,10-15)17-14(19)21-4-2/h11-12H,3-10H2,1-2H3,(H,17,19). The third kappa shape index (κ3) is 2.51. The molecule has 4 aliphatic carbocycles. The van der Waals surface area contributed by atoms with Gasteiger partial charge in [0.05, 0.1) is 18.6 Å². The van der Waals surface area contributed by atoms with Crippen LogP contribution in [0.4, 0.5) is 4.79 Å². The quantitative estimate of drug-likeness (QED) is 0.810. The van der Waals surface area contributed by atoms with Gasteiger partial charge in [0.1, 0.15) is 0 Å². The number of alkyl carbamates (subject to hydrolysis) is 1. The molecule has 21 heavy (non-hydrogen) atoms. The average molecular weight is 295 g/mol. The number of hydrogen-bond donors (Lipinski definition) is 1. The average Bonchev–Trinajstić information content (AvgIpc) is 2.36. The molecule has 5 nitrogen and oxygen atoms in total. The van der Waals surface area contributed by atoms with Gasteiger partial charge in [0.15, 0.2) is 0 Å². The molecule has 0 aromatic rings. The first-order valence-corrected chi connectivity index (χ1v) is 8.13. The molecule has 0 aromatic heterocycles. The van der Waals surface area contributed by atoms with E-state index in [1.54, 1.807) is 6.92 Å². The second-order valence-electron chi connectivity index (χ2n) is 7.09. The number of nitrogens with one attached hydrogen (secondary N) is 1. The third-order valence-electron chi connectivity index (χ3n) is 5.41. The zero-order valence-electron chi connectivity index (χ0n) is 12.9. The summed E-state index contributed by atoms with van der Waals surface area (Å²) >= 11 is 0. The van der Waals surface area contributed by atoms with Crippen LogP contribution < -0.4 is 5.32 Å². The Morgan fingerprint density at radius 1 is 1.05 bits per heavy atom. The van der Waals surface area contributed by atoms with Gasteiger partial charge < -0.3 is 14.8 Å². The van der Waals surface area contributed by atoms with Crippen LogP contribution in [0.15, 0.2) is 0 Å². The Balaban J connectivity index is 1.81. The van der Waals surface area contributed by atoms with Crippen molar-refractivity contribution >= 4 is 12.1 Å². The minimum Gasteiger partial charge on any atom is -0.466 e. The van der Waals surface area contributed by atoms with Crippen LogP contribution in [0.2, 0.25) is 0 Å². The number of esters is 1. The fourth-order valence-electron chi connectivity index (χ4n) is 5.32. The number of rotatable bonds is 4. The highest BCUT2D eigenvalue weighted by Gasteiger charge is 2.61. The summed E-state index contributed by atoms with van der Waals surface area (Å²) in [5.41, 5.74) is -0.636. The minimum absolute atomic E-state index is 0.0610. The molecule has 118 valence electrons. The normalized spacial score (nSPS) is 39.9. The van der Waals surface area contributed by atoms with Crippen LogP contribution in [-0.4, -0.2) is 30.8 Å². The molecule has 2 unspecified atom stereocenters. The lowest BCUT2D eigenvalue weighted by molar-refractivity contribution is -0.174. The molecule has 1 N–H and O–H groups in total. The van der Waals surface area contributed by atoms with E-state index in [-0.39, 0.29) is 23.0 Å². The SMILES string of the molecule is CCOC(=O)NC12CC3CC(C1)CC(C(=O)OCC)(C3)C2. The van der Waals surface area contributed by atoms with Gasteiger partial charge in [-0.3, -0.25) is 4.79 Å². The Morgan fingerprint density at radius 2 is 1.67 bits per heavy atom. The maximum atomic E-state index is 12.5. The molecule has 0 spiro atoms. The van der Waals surface area contributed by atoms with E-state index in [9.17, 15) is 9.59 Å². The van der Waals surface area contributed by atoms with Gasteiger partial charge in [-0.15, -0.1) is 0 Å². The van der Waals surface area contributed by atoms with Crippen LogP contribution in [-0.2, 0) is 14.3 Å². The Labute approximate surface area is 125 Å². The molecule has 0 saturated heterocycles. The van der Waals surface area contributed by atoms with E-state index >= 15 is 0 Å². The van der Waals surface area contributed by atoms with E-state index in [0.29, 0.717) is 31.5 Å². The Morgan fingerprint density at radius 3 is 2.24 bits per heavy atom. The van der Waals surface area contributed by atoms with Crippen LogP contribution in [0.1, 0.15) is 52.4 Å². The molecule has 4 saturated carbocycles. The van der Waals surface area contributed by atoms with Crippen LogP contribution in [0, 0.1) is 17.3 Å². The Kier molecular flexibility index (Phi) is 3.62. The summed E-state index contributed by atoms with van der Waals surface area (Å²) in [5.74, 6) is 0.990. The predicted molar refractivity (Wildman–Crippen MR) is 76.6 cm³/mol. The predicted octanol–water partition coefficient (Wildman–Crippen LogP) is 2.63. The van der Waals surface area contributed by atoms with E-state index in [2.05, 4.69) is 5.32 Å². The monoisotopic (exact) mass is 295 g/mol. The van der Waals surface area contributed by atoms with Crippen LogP contribution >= 0.6 is 0 Å². The van der Waals surface area contributed by atoms with Crippen molar-refractivity contribution in [3.63, 3.8) is 0 Å². The summed E-state index contributed by atoms with van der Waals surface area (Å²) in [4.78, 5) is 24.4. The summed E-state index contributed by atoms with van der Waals surface area (Å²) in [6.45, 7) is 4.45. The molecule has 1 amide bonds. The second kappa shape index (κ2) is 5.18. The smallest absolute Gasteiger partial charge is 0.407 e. The Hall–Kier alpha value is -1.26. The van der Waals surface area contributed by atoms with E-state index in [0.717, 1.165) is 25.7 Å². The molecule has 2 atom stereocenters. The van der Waals surface area contributed by atoms with Gasteiger partial charge in [-0.05, 0) is 64.2 Å². The van der Waals surface area contributed by atoms with E-state index in [4.69, 9.17) is 9.47 Å². The lowest BCUT2D eigenvalue weighted by Gasteiger charge is -2.60. The highest BCUT2D eigenvalue weighted by molar-refractivity contribution is 5.78. The lowest BCUT2D eigenvalue weighted by atomic mass is 9.47. The fraction of sp³-hybridized carbons (Fsp3) is 0.875. The molecule has 5 heteroatoms. The van der Waals surface area contributed by atoms with Gasteiger partial charge in [-0.25, -0.2) is 4.79 Å². The van der Waals surface area contributed by atoms with Crippen LogP contribution in [0.25, 0.3) is 0 Å². The zero-order valence-corrected chi connectivity index (χ0v) is 12.9. The fourth-order valence-corrected chi connectivity index (χ4v) is 5.32. The zero-order chi connectivity index (χ0) is 15.1. The summed E-state index contributed by atoms with van der Waals surface area (Å²) < 4.78 is 10.4. The van der Waals surface area contributed by atoms with Crippen molar-refractivity contribution < 1.29 is 19.1 Å². The van der Waals surface area contributed by atoms with Gasteiger partial charge in [-0.2, -0.15) is 0 Å². The molecule has 0 aliphatic heterocycles. The van der Waals surface area contributed by atoms with E-state index in [1.807, 2.05) is 6.92 Å². The van der Waals surface area contributed by atoms with Crippen LogP contribution in [0.5, 0.6) is 0 Å². The first kappa shape index (κ1) is 14.7. The minimum atomic E-state index is -0.375. The van der Waals surface area contributed by atoms with Gasteiger partial charge >= 0.3 is 12.1 Å². The van der Waals surface area contributed by atoms with Gasteiger partial charge in [-0.1, -0.05) is 0 Å². The van der Waals surface area contributed by atoms with E-state index in [1.165, 1.54) is 6.42 Å². The number of amides is 1. The molecule has 0 radical (unpaired) electrons. The van der Waals surface area contributed by atoms with Crippen molar-refractivity contribution in [1.82, 2.24) is 5.32 Å². The maximum absolute atomic E-state index is 12.5. The molecule has 0 aromatic carbocycles. The number of hydrogen-bond acceptors (Lipinski definition) is 4. The molecule has 4 fully saturated rings. The van der Waals surface area contributed by atoms with Crippen molar-refractivity contribution in [3.05, 3.63) is 0 Å². The number of carbonyl (C=O) groups excluding carboxylic acids is 2. The largest absolute Gasteiger partial charge is 0.466 e. The molecular formula is C16H25NO4. The van der Waals surface area contributed by atoms with Crippen LogP contribution in [0.3, 0.4) is 0 Å². The highest BCUT2D eigenvalue weighted by Crippen LogP contribution is 2.62. The summed E-state index contributed by atoms with van der Waals surface area (Å²) in [5, 5.41) is 3.08. The highest BCUT2D eigenvalue weighted by atomic mass is 16.5.